The number of alkyl halides is 3. The summed E-state index contributed by atoms with van der Waals surface area (Å²) < 4.78 is 40.2. The molecule has 1 aromatic carbocycles. The third-order valence-electron chi connectivity index (χ3n) is 5.65. The van der Waals surface area contributed by atoms with Crippen molar-refractivity contribution in [3.05, 3.63) is 47.2 Å². The van der Waals surface area contributed by atoms with Crippen LogP contribution in [0.15, 0.2) is 30.3 Å². The first-order chi connectivity index (χ1) is 14.3. The molecule has 0 saturated carbocycles. The van der Waals surface area contributed by atoms with E-state index >= 15 is 0 Å². The summed E-state index contributed by atoms with van der Waals surface area (Å²) in [7, 11) is 0. The SMILES string of the molecule is Cc1ccccc1C(=O)N1CCN(c2cc(C(F)(F)F)nc(N3CCCC3)n2)CC1. The molecule has 0 unspecified atom stereocenters. The third-order valence-corrected chi connectivity index (χ3v) is 5.65. The Labute approximate surface area is 173 Å². The molecule has 1 amide bonds. The van der Waals surface area contributed by atoms with Crippen LogP contribution in [0.4, 0.5) is 24.9 Å². The summed E-state index contributed by atoms with van der Waals surface area (Å²) in [4.78, 5) is 26.4. The molecule has 160 valence electrons. The minimum Gasteiger partial charge on any atom is -0.353 e. The Morgan fingerprint density at radius 3 is 2.23 bits per heavy atom. The molecule has 2 saturated heterocycles. The molecular weight excluding hydrogens is 395 g/mol. The van der Waals surface area contributed by atoms with Crippen LogP contribution in [0.3, 0.4) is 0 Å². The van der Waals surface area contributed by atoms with E-state index in [0.717, 1.165) is 24.5 Å². The number of rotatable bonds is 3. The number of amides is 1. The van der Waals surface area contributed by atoms with Crippen LogP contribution in [-0.4, -0.2) is 60.0 Å². The van der Waals surface area contributed by atoms with Gasteiger partial charge < -0.3 is 14.7 Å². The van der Waals surface area contributed by atoms with Gasteiger partial charge in [-0.25, -0.2) is 4.98 Å². The summed E-state index contributed by atoms with van der Waals surface area (Å²) in [5.41, 5.74) is 0.641. The van der Waals surface area contributed by atoms with E-state index < -0.39 is 11.9 Å². The molecule has 2 aliphatic rings. The summed E-state index contributed by atoms with van der Waals surface area (Å²) in [5.74, 6) is 0.349. The van der Waals surface area contributed by atoms with Gasteiger partial charge in [0.1, 0.15) is 5.82 Å². The van der Waals surface area contributed by atoms with E-state index in [1.807, 2.05) is 25.1 Å². The van der Waals surface area contributed by atoms with Gasteiger partial charge in [0, 0.05) is 50.9 Å². The Bertz CT molecular complexity index is 919. The van der Waals surface area contributed by atoms with E-state index in [1.165, 1.54) is 0 Å². The van der Waals surface area contributed by atoms with Gasteiger partial charge in [0.2, 0.25) is 5.95 Å². The van der Waals surface area contributed by atoms with Crippen LogP contribution in [0, 0.1) is 6.92 Å². The summed E-state index contributed by atoms with van der Waals surface area (Å²) in [6.07, 6.45) is -2.68. The number of hydrogen-bond acceptors (Lipinski definition) is 5. The summed E-state index contributed by atoms with van der Waals surface area (Å²) in [5, 5.41) is 0. The zero-order valence-electron chi connectivity index (χ0n) is 16.8. The van der Waals surface area contributed by atoms with Gasteiger partial charge in [0.05, 0.1) is 0 Å². The van der Waals surface area contributed by atoms with Crippen molar-refractivity contribution in [3.63, 3.8) is 0 Å². The molecule has 6 nitrogen and oxygen atoms in total. The van der Waals surface area contributed by atoms with Gasteiger partial charge in [-0.3, -0.25) is 4.79 Å². The number of aromatic nitrogens is 2. The average Bonchev–Trinajstić information content (AvgIpc) is 3.28. The van der Waals surface area contributed by atoms with E-state index in [0.29, 0.717) is 44.8 Å². The first kappa shape index (κ1) is 20.4. The van der Waals surface area contributed by atoms with Crippen LogP contribution >= 0.6 is 0 Å². The normalized spacial score (nSPS) is 17.5. The summed E-state index contributed by atoms with van der Waals surface area (Å²) in [6.45, 7) is 4.92. The van der Waals surface area contributed by atoms with Gasteiger partial charge in [-0.2, -0.15) is 18.2 Å². The maximum Gasteiger partial charge on any atom is 0.433 e. The molecule has 9 heteroatoms. The fraction of sp³-hybridized carbons (Fsp3) is 0.476. The highest BCUT2D eigenvalue weighted by atomic mass is 19.4. The van der Waals surface area contributed by atoms with Gasteiger partial charge in [0.15, 0.2) is 5.69 Å². The lowest BCUT2D eigenvalue weighted by Crippen LogP contribution is -2.49. The molecule has 3 heterocycles. The Balaban J connectivity index is 1.52. The van der Waals surface area contributed by atoms with Crippen molar-refractivity contribution in [2.24, 2.45) is 0 Å². The predicted octanol–water partition coefficient (Wildman–Crippen LogP) is 3.37. The second-order valence-corrected chi connectivity index (χ2v) is 7.70. The van der Waals surface area contributed by atoms with Crippen molar-refractivity contribution in [2.45, 2.75) is 25.9 Å². The van der Waals surface area contributed by atoms with Crippen LogP contribution in [0.1, 0.15) is 34.5 Å². The van der Waals surface area contributed by atoms with Gasteiger partial charge in [-0.15, -0.1) is 0 Å². The van der Waals surface area contributed by atoms with Gasteiger partial charge >= 0.3 is 6.18 Å². The lowest BCUT2D eigenvalue weighted by Gasteiger charge is -2.36. The monoisotopic (exact) mass is 419 g/mol. The first-order valence-electron chi connectivity index (χ1n) is 10.1. The largest absolute Gasteiger partial charge is 0.433 e. The van der Waals surface area contributed by atoms with Crippen molar-refractivity contribution in [2.75, 3.05) is 49.1 Å². The maximum absolute atomic E-state index is 13.4. The fourth-order valence-corrected chi connectivity index (χ4v) is 3.91. The summed E-state index contributed by atoms with van der Waals surface area (Å²) >= 11 is 0. The van der Waals surface area contributed by atoms with Crippen molar-refractivity contribution < 1.29 is 18.0 Å². The molecule has 2 aliphatic heterocycles. The molecule has 0 N–H and O–H groups in total. The molecular formula is C21H24F3N5O. The lowest BCUT2D eigenvalue weighted by atomic mass is 10.1. The zero-order valence-corrected chi connectivity index (χ0v) is 16.8. The molecule has 4 rings (SSSR count). The minimum atomic E-state index is -4.53. The van der Waals surface area contributed by atoms with Crippen LogP contribution in [0.5, 0.6) is 0 Å². The predicted molar refractivity (Wildman–Crippen MR) is 108 cm³/mol. The highest BCUT2D eigenvalue weighted by molar-refractivity contribution is 5.95. The quantitative estimate of drug-likeness (QED) is 0.764. The van der Waals surface area contributed by atoms with Crippen molar-refractivity contribution in [3.8, 4) is 0 Å². The second kappa shape index (κ2) is 8.12. The third kappa shape index (κ3) is 4.20. The van der Waals surface area contributed by atoms with Gasteiger partial charge in [0.25, 0.3) is 5.91 Å². The van der Waals surface area contributed by atoms with Crippen molar-refractivity contribution in [1.82, 2.24) is 14.9 Å². The van der Waals surface area contributed by atoms with E-state index in [2.05, 4.69) is 9.97 Å². The molecule has 0 bridgehead atoms. The number of hydrogen-bond donors (Lipinski definition) is 0. The Morgan fingerprint density at radius 1 is 0.933 bits per heavy atom. The van der Waals surface area contributed by atoms with Crippen molar-refractivity contribution >= 4 is 17.7 Å². The van der Waals surface area contributed by atoms with E-state index in [1.54, 1.807) is 20.8 Å². The second-order valence-electron chi connectivity index (χ2n) is 7.70. The number of benzene rings is 1. The van der Waals surface area contributed by atoms with Gasteiger partial charge in [-0.1, -0.05) is 18.2 Å². The lowest BCUT2D eigenvalue weighted by molar-refractivity contribution is -0.141. The molecule has 0 atom stereocenters. The number of halogens is 3. The zero-order chi connectivity index (χ0) is 21.3. The van der Waals surface area contributed by atoms with Crippen molar-refractivity contribution in [1.29, 1.82) is 0 Å². The molecule has 0 aliphatic carbocycles. The maximum atomic E-state index is 13.4. The first-order valence-corrected chi connectivity index (χ1v) is 10.1. The number of aryl methyl sites for hydroxylation is 1. The molecule has 0 spiro atoms. The van der Waals surface area contributed by atoms with Crippen LogP contribution in [0.25, 0.3) is 0 Å². The van der Waals surface area contributed by atoms with Crippen LogP contribution in [-0.2, 0) is 6.18 Å². The number of nitrogens with zero attached hydrogens (tertiary/aromatic N) is 5. The van der Waals surface area contributed by atoms with E-state index in [9.17, 15) is 18.0 Å². The molecule has 30 heavy (non-hydrogen) atoms. The topological polar surface area (TPSA) is 52.6 Å². The van der Waals surface area contributed by atoms with Gasteiger partial charge in [-0.05, 0) is 31.4 Å². The molecule has 1 aromatic heterocycles. The highest BCUT2D eigenvalue weighted by Crippen LogP contribution is 2.32. The Kier molecular flexibility index (Phi) is 5.53. The molecule has 0 radical (unpaired) electrons. The Hall–Kier alpha value is -2.84. The standard InChI is InChI=1S/C21H24F3N5O/c1-15-6-2-3-7-16(15)19(30)28-12-10-27(11-13-28)18-14-17(21(22,23)24)25-20(26-18)29-8-4-5-9-29/h2-3,6-7,14H,4-5,8-13H2,1H3. The molecule has 2 aromatic rings. The smallest absolute Gasteiger partial charge is 0.353 e. The minimum absolute atomic E-state index is 0.0517. The number of piperazine rings is 1. The highest BCUT2D eigenvalue weighted by Gasteiger charge is 2.35. The summed E-state index contributed by atoms with van der Waals surface area (Å²) in [6, 6.07) is 8.42. The fourth-order valence-electron chi connectivity index (χ4n) is 3.91. The number of anilines is 2. The van der Waals surface area contributed by atoms with E-state index in [-0.39, 0.29) is 17.7 Å². The number of carbonyl (C=O) groups excluding carboxylic acids is 1. The van der Waals surface area contributed by atoms with Crippen LogP contribution < -0.4 is 9.80 Å². The Morgan fingerprint density at radius 2 is 1.60 bits per heavy atom. The average molecular weight is 419 g/mol. The van der Waals surface area contributed by atoms with Crippen LogP contribution in [0.2, 0.25) is 0 Å². The van der Waals surface area contributed by atoms with E-state index in [4.69, 9.17) is 0 Å². The molecule has 2 fully saturated rings. The number of carbonyl (C=O) groups is 1.